The van der Waals surface area contributed by atoms with Crippen LogP contribution >= 0.6 is 0 Å². The van der Waals surface area contributed by atoms with Crippen LogP contribution < -0.4 is 0 Å². The number of rotatable bonds is 3. The van der Waals surface area contributed by atoms with Crippen molar-refractivity contribution in [1.82, 2.24) is 14.5 Å². The molecule has 0 radical (unpaired) electrons. The van der Waals surface area contributed by atoms with Crippen LogP contribution in [0, 0.1) is 0 Å². The van der Waals surface area contributed by atoms with E-state index in [0.717, 1.165) is 50.0 Å². The maximum Gasteiger partial charge on any atom is 0.161 e. The van der Waals surface area contributed by atoms with Gasteiger partial charge in [-0.05, 0) is 63.3 Å². The van der Waals surface area contributed by atoms with Gasteiger partial charge in [-0.1, -0.05) is 127 Å². The summed E-state index contributed by atoms with van der Waals surface area (Å²) in [5, 5.41) is 10.9. The molecule has 0 bridgehead atoms. The largest absolute Gasteiger partial charge is 0.309 e. The number of hydrogen-bond donors (Lipinski definition) is 0. The normalized spacial score (nSPS) is 11.8. The molecule has 0 unspecified atom stereocenters. The second-order valence-electron chi connectivity index (χ2n) is 12.2. The van der Waals surface area contributed by atoms with E-state index in [-0.39, 0.29) is 0 Å². The highest BCUT2D eigenvalue weighted by molar-refractivity contribution is 6.23. The fourth-order valence-electron chi connectivity index (χ4n) is 7.42. The van der Waals surface area contributed by atoms with E-state index < -0.39 is 0 Å². The zero-order chi connectivity index (χ0) is 30.9. The third kappa shape index (κ3) is 3.93. The zero-order valence-corrected chi connectivity index (χ0v) is 25.4. The molecule has 2 aromatic heterocycles. The van der Waals surface area contributed by atoms with E-state index in [1.807, 2.05) is 12.1 Å². The van der Waals surface area contributed by atoms with E-state index in [1.54, 1.807) is 0 Å². The Morgan fingerprint density at radius 1 is 0.404 bits per heavy atom. The maximum atomic E-state index is 5.23. The first-order valence-electron chi connectivity index (χ1n) is 16.0. The standard InChI is InChI=1S/C44H27N3/c1-2-13-29(14-3-1)43-36-20-10-11-21-38(36)45-44(46-43)35-23-25-39(34-19-9-8-18-33(34)35)47-40-24-22-28-12-6-7-17-32(28)42(40)37-26-30-15-4-5-16-31(30)27-41(37)47/h1-27H. The Bertz CT molecular complexity index is 2850. The van der Waals surface area contributed by atoms with E-state index in [9.17, 15) is 0 Å². The van der Waals surface area contributed by atoms with Crippen molar-refractivity contribution in [3.63, 3.8) is 0 Å². The second kappa shape index (κ2) is 10.1. The molecule has 0 aliphatic heterocycles. The maximum absolute atomic E-state index is 5.23. The fraction of sp³-hybridized carbons (Fsp3) is 0. The predicted octanol–water partition coefficient (Wildman–Crippen LogP) is 11.5. The topological polar surface area (TPSA) is 30.7 Å². The molecule has 10 rings (SSSR count). The first-order valence-corrected chi connectivity index (χ1v) is 16.0. The number of hydrogen-bond acceptors (Lipinski definition) is 2. The lowest BCUT2D eigenvalue weighted by Gasteiger charge is -2.15. The molecule has 0 aliphatic rings. The van der Waals surface area contributed by atoms with Gasteiger partial charge in [-0.15, -0.1) is 0 Å². The molecule has 0 spiro atoms. The van der Waals surface area contributed by atoms with Crippen LogP contribution in [0.25, 0.3) is 93.4 Å². The summed E-state index contributed by atoms with van der Waals surface area (Å²) >= 11 is 0. The first-order chi connectivity index (χ1) is 23.3. The van der Waals surface area contributed by atoms with E-state index in [0.29, 0.717) is 0 Å². The van der Waals surface area contributed by atoms with Gasteiger partial charge >= 0.3 is 0 Å². The van der Waals surface area contributed by atoms with Gasteiger partial charge in [0.2, 0.25) is 0 Å². The van der Waals surface area contributed by atoms with Gasteiger partial charge in [0.1, 0.15) is 0 Å². The third-order valence-electron chi connectivity index (χ3n) is 9.56. The summed E-state index contributed by atoms with van der Waals surface area (Å²) in [6.07, 6.45) is 0. The van der Waals surface area contributed by atoms with Crippen molar-refractivity contribution in [2.24, 2.45) is 0 Å². The minimum absolute atomic E-state index is 0.726. The van der Waals surface area contributed by atoms with Gasteiger partial charge in [0.15, 0.2) is 5.82 Å². The average Bonchev–Trinajstić information content (AvgIpc) is 3.46. The summed E-state index contributed by atoms with van der Waals surface area (Å²) in [5.41, 5.74) is 7.51. The van der Waals surface area contributed by atoms with Crippen molar-refractivity contribution in [3.8, 4) is 28.3 Å². The van der Waals surface area contributed by atoms with Crippen LogP contribution in [-0.4, -0.2) is 14.5 Å². The summed E-state index contributed by atoms with van der Waals surface area (Å²) in [7, 11) is 0. The van der Waals surface area contributed by atoms with Crippen molar-refractivity contribution in [2.45, 2.75) is 0 Å². The van der Waals surface area contributed by atoms with Gasteiger partial charge in [0.05, 0.1) is 27.9 Å². The molecule has 2 heterocycles. The van der Waals surface area contributed by atoms with Gasteiger partial charge in [-0.3, -0.25) is 0 Å². The van der Waals surface area contributed by atoms with Gasteiger partial charge in [0, 0.05) is 32.7 Å². The SMILES string of the molecule is c1ccc(-c2nc(-c3ccc(-n4c5cc6ccccc6cc5c5c6ccccc6ccc54)c4ccccc34)nc3ccccc23)cc1. The van der Waals surface area contributed by atoms with Gasteiger partial charge in [0.25, 0.3) is 0 Å². The molecule has 3 heteroatoms. The quantitative estimate of drug-likeness (QED) is 0.203. The summed E-state index contributed by atoms with van der Waals surface area (Å²) in [6, 6.07) is 58.4. The third-order valence-corrected chi connectivity index (χ3v) is 9.56. The van der Waals surface area contributed by atoms with Crippen LogP contribution in [0.15, 0.2) is 164 Å². The average molecular weight is 598 g/mol. The van der Waals surface area contributed by atoms with Crippen molar-refractivity contribution in [3.05, 3.63) is 164 Å². The summed E-state index contributed by atoms with van der Waals surface area (Å²) in [4.78, 5) is 10.4. The smallest absolute Gasteiger partial charge is 0.161 e. The summed E-state index contributed by atoms with van der Waals surface area (Å²) in [5.74, 6) is 0.726. The zero-order valence-electron chi connectivity index (χ0n) is 25.4. The Hall–Kier alpha value is -6.32. The molecule has 218 valence electrons. The van der Waals surface area contributed by atoms with Gasteiger partial charge in [-0.25, -0.2) is 9.97 Å². The van der Waals surface area contributed by atoms with Crippen LogP contribution in [0.3, 0.4) is 0 Å². The van der Waals surface area contributed by atoms with Crippen molar-refractivity contribution >= 4 is 65.0 Å². The Balaban J connectivity index is 1.29. The predicted molar refractivity (Wildman–Crippen MR) is 197 cm³/mol. The molecule has 0 aliphatic carbocycles. The lowest BCUT2D eigenvalue weighted by atomic mass is 10.0. The number of para-hydroxylation sites is 1. The molecule has 0 fully saturated rings. The Kier molecular flexibility index (Phi) is 5.57. The Morgan fingerprint density at radius 2 is 1.06 bits per heavy atom. The highest BCUT2D eigenvalue weighted by atomic mass is 15.0. The minimum atomic E-state index is 0.726. The molecular weight excluding hydrogens is 571 g/mol. The van der Waals surface area contributed by atoms with E-state index in [2.05, 4.69) is 156 Å². The van der Waals surface area contributed by atoms with E-state index in [4.69, 9.17) is 9.97 Å². The molecule has 0 saturated heterocycles. The van der Waals surface area contributed by atoms with E-state index in [1.165, 1.54) is 43.4 Å². The molecule has 0 atom stereocenters. The van der Waals surface area contributed by atoms with E-state index >= 15 is 0 Å². The minimum Gasteiger partial charge on any atom is -0.309 e. The molecule has 0 amide bonds. The van der Waals surface area contributed by atoms with Crippen LogP contribution in [0.2, 0.25) is 0 Å². The van der Waals surface area contributed by atoms with Crippen molar-refractivity contribution in [2.75, 3.05) is 0 Å². The second-order valence-corrected chi connectivity index (χ2v) is 12.2. The fourth-order valence-corrected chi connectivity index (χ4v) is 7.42. The van der Waals surface area contributed by atoms with Crippen LogP contribution in [0.4, 0.5) is 0 Å². The van der Waals surface area contributed by atoms with Crippen molar-refractivity contribution < 1.29 is 0 Å². The monoisotopic (exact) mass is 597 g/mol. The highest BCUT2D eigenvalue weighted by Crippen LogP contribution is 2.41. The van der Waals surface area contributed by atoms with Gasteiger partial charge in [-0.2, -0.15) is 0 Å². The Morgan fingerprint density at radius 3 is 1.89 bits per heavy atom. The number of aromatic nitrogens is 3. The van der Waals surface area contributed by atoms with Crippen LogP contribution in [0.5, 0.6) is 0 Å². The highest BCUT2D eigenvalue weighted by Gasteiger charge is 2.20. The van der Waals surface area contributed by atoms with Crippen LogP contribution in [0.1, 0.15) is 0 Å². The molecule has 8 aromatic carbocycles. The number of nitrogens with zero attached hydrogens (tertiary/aromatic N) is 3. The molecular formula is C44H27N3. The van der Waals surface area contributed by atoms with Crippen LogP contribution in [-0.2, 0) is 0 Å². The molecule has 0 N–H and O–H groups in total. The van der Waals surface area contributed by atoms with Crippen molar-refractivity contribution in [1.29, 1.82) is 0 Å². The number of benzene rings is 8. The lowest BCUT2D eigenvalue weighted by molar-refractivity contribution is 1.19. The molecule has 10 aromatic rings. The Labute approximate surface area is 271 Å². The summed E-state index contributed by atoms with van der Waals surface area (Å²) < 4.78 is 2.45. The molecule has 0 saturated carbocycles. The summed E-state index contributed by atoms with van der Waals surface area (Å²) in [6.45, 7) is 0. The first kappa shape index (κ1) is 26.0. The molecule has 47 heavy (non-hydrogen) atoms. The van der Waals surface area contributed by atoms with Gasteiger partial charge < -0.3 is 4.57 Å². The number of fused-ring (bicyclic) bond motifs is 8. The molecule has 3 nitrogen and oxygen atoms in total. The lowest BCUT2D eigenvalue weighted by Crippen LogP contribution is -1.99.